The van der Waals surface area contributed by atoms with Gasteiger partial charge in [-0.25, -0.2) is 4.52 Å². The topological polar surface area (TPSA) is 53.3 Å². The van der Waals surface area contributed by atoms with Crippen molar-refractivity contribution in [1.29, 1.82) is 0 Å². The molecular weight excluding hydrogens is 543 g/mol. The van der Waals surface area contributed by atoms with Crippen LogP contribution in [0.25, 0.3) is 5.52 Å². The Kier molecular flexibility index (Phi) is 7.92. The molecule has 2 aromatic carbocycles. The van der Waals surface area contributed by atoms with Gasteiger partial charge in [-0.15, -0.1) is 0 Å². The Balaban J connectivity index is 1.13. The van der Waals surface area contributed by atoms with Gasteiger partial charge in [0.25, 0.3) is 0 Å². The molecule has 1 saturated heterocycles. The number of ether oxygens (including phenoxy) is 1. The van der Waals surface area contributed by atoms with E-state index in [1.54, 1.807) is 33.8 Å². The summed E-state index contributed by atoms with van der Waals surface area (Å²) in [7, 11) is 0. The number of carbonyl (C=O) groups is 1. The molecule has 0 unspecified atom stereocenters. The lowest BCUT2D eigenvalue weighted by molar-refractivity contribution is -0.138. The van der Waals surface area contributed by atoms with Crippen molar-refractivity contribution in [2.45, 2.75) is 39.0 Å². The molecule has 0 bridgehead atoms. The number of halogens is 3. The third kappa shape index (κ3) is 6.15. The Bertz CT molecular complexity index is 1580. The van der Waals surface area contributed by atoms with Crippen molar-refractivity contribution in [1.82, 2.24) is 24.3 Å². The predicted molar refractivity (Wildman–Crippen MR) is 153 cm³/mol. The van der Waals surface area contributed by atoms with Crippen molar-refractivity contribution in [3.8, 4) is 11.5 Å². The van der Waals surface area contributed by atoms with Gasteiger partial charge in [-0.2, -0.15) is 18.3 Å². The van der Waals surface area contributed by atoms with Crippen LogP contribution >= 0.6 is 0 Å². The van der Waals surface area contributed by atoms with Crippen molar-refractivity contribution in [3.63, 3.8) is 0 Å². The zero-order chi connectivity index (χ0) is 29.3. The second-order valence-corrected chi connectivity index (χ2v) is 11.0. The molecule has 0 saturated carbocycles. The van der Waals surface area contributed by atoms with Crippen LogP contribution in [-0.4, -0.2) is 69.5 Å². The van der Waals surface area contributed by atoms with E-state index in [1.165, 1.54) is 0 Å². The maximum absolute atomic E-state index is 14.1. The number of hydrogen-bond donors (Lipinski definition) is 0. The summed E-state index contributed by atoms with van der Waals surface area (Å²) in [6.45, 7) is 7.41. The summed E-state index contributed by atoms with van der Waals surface area (Å²) in [6, 6.07) is 15.9. The van der Waals surface area contributed by atoms with Crippen LogP contribution in [0.5, 0.6) is 11.5 Å². The van der Waals surface area contributed by atoms with E-state index in [2.05, 4.69) is 21.8 Å². The summed E-state index contributed by atoms with van der Waals surface area (Å²) in [4.78, 5) is 19.4. The SMILES string of the molecule is CCN1CCN(Cc2ccc(CC(=O)N3CCc4ccc(Oc5ccnn6cccc56)cc4C3)cc2C(F)(F)F)CC1. The number of likely N-dealkylation sites (N-methyl/N-ethyl adjacent to an activating group) is 1. The van der Waals surface area contributed by atoms with E-state index in [0.29, 0.717) is 36.6 Å². The van der Waals surface area contributed by atoms with Gasteiger partial charge in [-0.05, 0) is 65.6 Å². The normalized spacial score (nSPS) is 16.5. The lowest BCUT2D eigenvalue weighted by atomic mass is 9.97. The average Bonchev–Trinajstić information content (AvgIpc) is 3.47. The van der Waals surface area contributed by atoms with Crippen LogP contribution in [0.4, 0.5) is 13.2 Å². The number of amides is 1. The number of aromatic nitrogens is 2. The fraction of sp³-hybridized carbons (Fsp3) is 0.375. The van der Waals surface area contributed by atoms with E-state index in [4.69, 9.17) is 4.74 Å². The number of hydrogen-bond acceptors (Lipinski definition) is 5. The summed E-state index contributed by atoms with van der Waals surface area (Å²) in [5, 5.41) is 4.26. The standard InChI is InChI=1S/C32H34F3N5O2/c1-2-37-14-16-38(17-15-37)21-25-6-5-23(18-28(25)32(33,34)35)19-31(41)39-13-10-24-7-8-27(20-26(24)22-39)42-30-9-11-36-40-12-3-4-29(30)40/h3-9,11-12,18,20H,2,10,13-17,19,21-22H2,1H3. The number of carbonyl (C=O) groups excluding carboxylic acids is 1. The van der Waals surface area contributed by atoms with Crippen LogP contribution in [0.2, 0.25) is 0 Å². The minimum absolute atomic E-state index is 0.0761. The second-order valence-electron chi connectivity index (χ2n) is 11.0. The zero-order valence-corrected chi connectivity index (χ0v) is 23.6. The molecule has 2 aliphatic rings. The van der Waals surface area contributed by atoms with Gasteiger partial charge in [-0.3, -0.25) is 9.69 Å². The Morgan fingerprint density at radius 2 is 1.76 bits per heavy atom. The van der Waals surface area contributed by atoms with Crippen LogP contribution in [-0.2, 0) is 36.9 Å². The van der Waals surface area contributed by atoms with E-state index in [-0.39, 0.29) is 24.4 Å². The maximum atomic E-state index is 14.1. The lowest BCUT2D eigenvalue weighted by Gasteiger charge is -2.34. The Morgan fingerprint density at radius 1 is 0.952 bits per heavy atom. The maximum Gasteiger partial charge on any atom is 0.416 e. The van der Waals surface area contributed by atoms with E-state index in [9.17, 15) is 18.0 Å². The highest BCUT2D eigenvalue weighted by Crippen LogP contribution is 2.34. The summed E-state index contributed by atoms with van der Waals surface area (Å²) >= 11 is 0. The molecule has 7 nitrogen and oxygen atoms in total. The molecule has 0 N–H and O–H groups in total. The highest BCUT2D eigenvalue weighted by atomic mass is 19.4. The molecule has 1 fully saturated rings. The van der Waals surface area contributed by atoms with Crippen LogP contribution in [0.15, 0.2) is 67.0 Å². The van der Waals surface area contributed by atoms with E-state index < -0.39 is 11.7 Å². The zero-order valence-electron chi connectivity index (χ0n) is 23.6. The summed E-state index contributed by atoms with van der Waals surface area (Å²) < 4.78 is 50.1. The third-order valence-electron chi connectivity index (χ3n) is 8.31. The first-order valence-electron chi connectivity index (χ1n) is 14.4. The van der Waals surface area contributed by atoms with Gasteiger partial charge in [0, 0.05) is 58.1 Å². The molecule has 0 atom stereocenters. The van der Waals surface area contributed by atoms with E-state index in [1.807, 2.05) is 36.5 Å². The minimum atomic E-state index is -4.48. The van der Waals surface area contributed by atoms with Gasteiger partial charge in [-0.1, -0.05) is 25.1 Å². The van der Waals surface area contributed by atoms with E-state index >= 15 is 0 Å². The van der Waals surface area contributed by atoms with Crippen LogP contribution in [0, 0.1) is 0 Å². The van der Waals surface area contributed by atoms with Gasteiger partial charge in [0.2, 0.25) is 5.91 Å². The summed E-state index contributed by atoms with van der Waals surface area (Å²) in [5.41, 5.74) is 2.94. The van der Waals surface area contributed by atoms with Crippen LogP contribution in [0.1, 0.15) is 34.7 Å². The number of alkyl halides is 3. The molecule has 2 aromatic heterocycles. The van der Waals surface area contributed by atoms with Gasteiger partial charge in [0.15, 0.2) is 5.75 Å². The molecule has 0 aliphatic carbocycles. The van der Waals surface area contributed by atoms with Crippen LogP contribution < -0.4 is 4.74 Å². The second kappa shape index (κ2) is 11.8. The molecule has 4 heterocycles. The van der Waals surface area contributed by atoms with Gasteiger partial charge in [0.1, 0.15) is 11.3 Å². The Hall–Kier alpha value is -3.89. The van der Waals surface area contributed by atoms with Crippen molar-refractivity contribution in [2.75, 3.05) is 39.3 Å². The highest BCUT2D eigenvalue weighted by molar-refractivity contribution is 5.79. The van der Waals surface area contributed by atoms with Crippen molar-refractivity contribution in [2.24, 2.45) is 0 Å². The van der Waals surface area contributed by atoms with Gasteiger partial charge in [0.05, 0.1) is 18.2 Å². The molecule has 42 heavy (non-hydrogen) atoms. The fourth-order valence-corrected chi connectivity index (χ4v) is 5.88. The first kappa shape index (κ1) is 28.2. The number of fused-ring (bicyclic) bond motifs is 2. The smallest absolute Gasteiger partial charge is 0.416 e. The molecule has 1 amide bonds. The summed E-state index contributed by atoms with van der Waals surface area (Å²) in [6.07, 6.45) is -0.365. The predicted octanol–water partition coefficient (Wildman–Crippen LogP) is 5.41. The molecule has 6 rings (SSSR count). The number of rotatable bonds is 7. The highest BCUT2D eigenvalue weighted by Gasteiger charge is 2.34. The molecule has 2 aliphatic heterocycles. The lowest BCUT2D eigenvalue weighted by Crippen LogP contribution is -2.45. The first-order chi connectivity index (χ1) is 20.3. The van der Waals surface area contributed by atoms with E-state index in [0.717, 1.165) is 55.4 Å². The van der Waals surface area contributed by atoms with Crippen molar-refractivity contribution in [3.05, 3.63) is 94.8 Å². The monoisotopic (exact) mass is 577 g/mol. The quantitative estimate of drug-likeness (QED) is 0.294. The Labute approximate surface area is 243 Å². The first-order valence-corrected chi connectivity index (χ1v) is 14.4. The van der Waals surface area contributed by atoms with Crippen molar-refractivity contribution < 1.29 is 22.7 Å². The van der Waals surface area contributed by atoms with Gasteiger partial charge >= 0.3 is 6.18 Å². The number of piperazine rings is 1. The molecule has 4 aromatic rings. The third-order valence-corrected chi connectivity index (χ3v) is 8.31. The molecule has 10 heteroatoms. The largest absolute Gasteiger partial charge is 0.455 e. The summed E-state index contributed by atoms with van der Waals surface area (Å²) in [5.74, 6) is 1.14. The van der Waals surface area contributed by atoms with Crippen molar-refractivity contribution >= 4 is 11.4 Å². The van der Waals surface area contributed by atoms with Gasteiger partial charge < -0.3 is 14.5 Å². The molecule has 220 valence electrons. The van der Waals surface area contributed by atoms with Crippen LogP contribution in [0.3, 0.4) is 0 Å². The fourth-order valence-electron chi connectivity index (χ4n) is 5.88. The number of benzene rings is 2. The molecule has 0 radical (unpaired) electrons. The molecular formula is C32H34F3N5O2. The average molecular weight is 578 g/mol. The minimum Gasteiger partial charge on any atom is -0.455 e. The molecule has 0 spiro atoms. The Morgan fingerprint density at radius 3 is 2.55 bits per heavy atom. The number of nitrogens with zero attached hydrogens (tertiary/aromatic N) is 5.